The highest BCUT2D eigenvalue weighted by Crippen LogP contribution is 2.20. The maximum absolute atomic E-state index is 9.18. The van der Waals surface area contributed by atoms with Crippen LogP contribution < -0.4 is 0 Å². The second kappa shape index (κ2) is 6.01. The minimum atomic E-state index is 0.272. The van der Waals surface area contributed by atoms with Gasteiger partial charge in [0.25, 0.3) is 0 Å². The van der Waals surface area contributed by atoms with Gasteiger partial charge < -0.3 is 5.11 Å². The van der Waals surface area contributed by atoms with Crippen molar-refractivity contribution in [3.8, 4) is 0 Å². The third-order valence-electron chi connectivity index (χ3n) is 3.09. The highest BCUT2D eigenvalue weighted by Gasteiger charge is 2.19. The molecule has 0 spiro atoms. The molecule has 1 fully saturated rings. The first kappa shape index (κ1) is 13.1. The summed E-state index contributed by atoms with van der Waals surface area (Å²) in [5.41, 5.74) is 1.08. The van der Waals surface area contributed by atoms with E-state index in [9.17, 15) is 5.11 Å². The van der Waals surface area contributed by atoms with Gasteiger partial charge in [-0.2, -0.15) is 0 Å². The summed E-state index contributed by atoms with van der Waals surface area (Å²) in [5.74, 6) is 0.400. The molecule has 1 aliphatic rings. The molecule has 0 saturated carbocycles. The molecule has 2 rings (SSSR count). The summed E-state index contributed by atoms with van der Waals surface area (Å²) in [6.07, 6.45) is 2.25. The number of piperidine rings is 1. The molecule has 0 amide bonds. The number of pyridine rings is 1. The van der Waals surface area contributed by atoms with Crippen LogP contribution in [0.3, 0.4) is 0 Å². The maximum atomic E-state index is 9.18. The van der Waals surface area contributed by atoms with Gasteiger partial charge in [-0.25, -0.2) is 4.98 Å². The number of likely N-dealkylation sites (tertiary alicyclic amines) is 1. The molecule has 2 heterocycles. The van der Waals surface area contributed by atoms with Gasteiger partial charge in [0, 0.05) is 19.7 Å². The van der Waals surface area contributed by atoms with E-state index in [0.29, 0.717) is 16.2 Å². The number of aliphatic hydroxyl groups is 1. The number of hydrogen-bond acceptors (Lipinski definition) is 3. The molecule has 1 atom stereocenters. The largest absolute Gasteiger partial charge is 0.396 e. The first-order chi connectivity index (χ1) is 8.17. The van der Waals surface area contributed by atoms with Crippen LogP contribution in [0.1, 0.15) is 18.4 Å². The molecule has 1 saturated heterocycles. The van der Waals surface area contributed by atoms with Gasteiger partial charge in [0.1, 0.15) is 10.3 Å². The molecule has 17 heavy (non-hydrogen) atoms. The Labute approximate surface area is 111 Å². The Morgan fingerprint density at radius 2 is 2.06 bits per heavy atom. The summed E-state index contributed by atoms with van der Waals surface area (Å²) < 4.78 is 0. The van der Waals surface area contributed by atoms with Crippen molar-refractivity contribution >= 4 is 23.2 Å². The van der Waals surface area contributed by atoms with Crippen LogP contribution in [0.5, 0.6) is 0 Å². The van der Waals surface area contributed by atoms with Crippen molar-refractivity contribution in [1.29, 1.82) is 0 Å². The van der Waals surface area contributed by atoms with Crippen LogP contribution in [-0.4, -0.2) is 34.7 Å². The summed E-state index contributed by atoms with van der Waals surface area (Å²) in [5, 5.41) is 10.1. The lowest BCUT2D eigenvalue weighted by molar-refractivity contribution is 0.116. The molecular formula is C12H16Cl2N2O. The summed E-state index contributed by atoms with van der Waals surface area (Å²) in [6, 6.07) is 3.69. The molecule has 0 bridgehead atoms. The minimum Gasteiger partial charge on any atom is -0.396 e. The number of hydrogen-bond donors (Lipinski definition) is 1. The van der Waals surface area contributed by atoms with Gasteiger partial charge in [0.2, 0.25) is 0 Å². The smallest absolute Gasteiger partial charge is 0.131 e. The molecule has 0 aliphatic carbocycles. The first-order valence-corrected chi connectivity index (χ1v) is 6.58. The van der Waals surface area contributed by atoms with Crippen LogP contribution in [-0.2, 0) is 6.54 Å². The third kappa shape index (κ3) is 3.81. The van der Waals surface area contributed by atoms with Crippen molar-refractivity contribution in [1.82, 2.24) is 9.88 Å². The Kier molecular flexibility index (Phi) is 4.62. The molecule has 0 aromatic carbocycles. The van der Waals surface area contributed by atoms with Crippen molar-refractivity contribution in [3.05, 3.63) is 28.0 Å². The van der Waals surface area contributed by atoms with Crippen molar-refractivity contribution in [2.24, 2.45) is 5.92 Å². The van der Waals surface area contributed by atoms with Crippen LogP contribution in [0.25, 0.3) is 0 Å². The zero-order chi connectivity index (χ0) is 12.3. The summed E-state index contributed by atoms with van der Waals surface area (Å²) >= 11 is 11.7. The second-order valence-electron chi connectivity index (χ2n) is 4.55. The zero-order valence-corrected chi connectivity index (χ0v) is 11.1. The highest BCUT2D eigenvalue weighted by atomic mass is 35.5. The fourth-order valence-corrected chi connectivity index (χ4v) is 2.81. The minimum absolute atomic E-state index is 0.272. The SMILES string of the molecule is OC[C@H]1CCCN(Cc2cc(Cl)nc(Cl)c2)C1. The van der Waals surface area contributed by atoms with E-state index in [1.54, 1.807) is 0 Å². The van der Waals surface area contributed by atoms with Gasteiger partial charge in [0.15, 0.2) is 0 Å². The molecule has 5 heteroatoms. The number of rotatable bonds is 3. The topological polar surface area (TPSA) is 36.4 Å². The van der Waals surface area contributed by atoms with Crippen LogP contribution >= 0.6 is 23.2 Å². The third-order valence-corrected chi connectivity index (χ3v) is 3.48. The van der Waals surface area contributed by atoms with E-state index in [0.717, 1.165) is 38.0 Å². The van der Waals surface area contributed by atoms with Crippen LogP contribution in [0.2, 0.25) is 10.3 Å². The Balaban J connectivity index is 2.00. The fraction of sp³-hybridized carbons (Fsp3) is 0.583. The molecule has 1 aliphatic heterocycles. The van der Waals surface area contributed by atoms with Crippen molar-refractivity contribution in [3.63, 3.8) is 0 Å². The number of halogens is 2. The van der Waals surface area contributed by atoms with E-state index >= 15 is 0 Å². The number of nitrogens with zero attached hydrogens (tertiary/aromatic N) is 2. The molecule has 94 valence electrons. The number of aromatic nitrogens is 1. The monoisotopic (exact) mass is 274 g/mol. The Bertz CT molecular complexity index is 367. The van der Waals surface area contributed by atoms with Crippen LogP contribution in [0.15, 0.2) is 12.1 Å². The van der Waals surface area contributed by atoms with Gasteiger partial charge >= 0.3 is 0 Å². The van der Waals surface area contributed by atoms with Crippen LogP contribution in [0, 0.1) is 5.92 Å². The van der Waals surface area contributed by atoms with Gasteiger partial charge in [-0.05, 0) is 43.0 Å². The van der Waals surface area contributed by atoms with E-state index in [4.69, 9.17) is 23.2 Å². The van der Waals surface area contributed by atoms with Gasteiger partial charge in [-0.3, -0.25) is 4.90 Å². The molecule has 1 N–H and O–H groups in total. The predicted octanol–water partition coefficient (Wildman–Crippen LogP) is 2.59. The Morgan fingerprint density at radius 1 is 1.35 bits per heavy atom. The van der Waals surface area contributed by atoms with E-state index in [2.05, 4.69) is 9.88 Å². The quantitative estimate of drug-likeness (QED) is 0.861. The van der Waals surface area contributed by atoms with Crippen molar-refractivity contribution in [2.45, 2.75) is 19.4 Å². The fourth-order valence-electron chi connectivity index (χ4n) is 2.31. The normalized spacial score (nSPS) is 21.7. The zero-order valence-electron chi connectivity index (χ0n) is 9.57. The van der Waals surface area contributed by atoms with Gasteiger partial charge in [-0.15, -0.1) is 0 Å². The molecule has 1 aromatic heterocycles. The van der Waals surface area contributed by atoms with Gasteiger partial charge in [-0.1, -0.05) is 23.2 Å². The lowest BCUT2D eigenvalue weighted by Crippen LogP contribution is -2.36. The summed E-state index contributed by atoms with van der Waals surface area (Å²) in [6.45, 7) is 3.09. The van der Waals surface area contributed by atoms with Crippen LogP contribution in [0.4, 0.5) is 0 Å². The van der Waals surface area contributed by atoms with Gasteiger partial charge in [0.05, 0.1) is 0 Å². The predicted molar refractivity (Wildman–Crippen MR) is 69.3 cm³/mol. The second-order valence-corrected chi connectivity index (χ2v) is 5.32. The summed E-state index contributed by atoms with van der Waals surface area (Å²) in [7, 11) is 0. The van der Waals surface area contributed by atoms with E-state index in [-0.39, 0.29) is 6.61 Å². The maximum Gasteiger partial charge on any atom is 0.131 e. The standard InChI is InChI=1S/C12H16Cl2N2O/c13-11-4-10(5-12(14)15-11)7-16-3-1-2-9(6-16)8-17/h4-5,9,17H,1-3,6-8H2/t9-/m0/s1. The lowest BCUT2D eigenvalue weighted by Gasteiger charge is -2.31. The van der Waals surface area contributed by atoms with E-state index in [1.807, 2.05) is 12.1 Å². The van der Waals surface area contributed by atoms with E-state index < -0.39 is 0 Å². The average Bonchev–Trinajstić information content (AvgIpc) is 2.28. The number of aliphatic hydroxyl groups excluding tert-OH is 1. The Hall–Kier alpha value is -0.350. The molecule has 0 unspecified atom stereocenters. The van der Waals surface area contributed by atoms with Crippen molar-refractivity contribution in [2.75, 3.05) is 19.7 Å². The highest BCUT2D eigenvalue weighted by molar-refractivity contribution is 6.32. The Morgan fingerprint density at radius 3 is 2.71 bits per heavy atom. The molecule has 3 nitrogen and oxygen atoms in total. The average molecular weight is 275 g/mol. The molecular weight excluding hydrogens is 259 g/mol. The lowest BCUT2D eigenvalue weighted by atomic mass is 9.99. The molecule has 1 aromatic rings. The van der Waals surface area contributed by atoms with E-state index in [1.165, 1.54) is 0 Å². The molecule has 0 radical (unpaired) electrons. The first-order valence-electron chi connectivity index (χ1n) is 5.82. The summed E-state index contributed by atoms with van der Waals surface area (Å²) in [4.78, 5) is 6.26. The van der Waals surface area contributed by atoms with Crippen molar-refractivity contribution < 1.29 is 5.11 Å².